The fraction of sp³-hybridized carbons (Fsp3) is 0.120. The van der Waals surface area contributed by atoms with Crippen LogP contribution in [0.5, 0.6) is 0 Å². The van der Waals surface area contributed by atoms with Crippen LogP contribution in [0.1, 0.15) is 11.3 Å². The van der Waals surface area contributed by atoms with Crippen LogP contribution in [0.15, 0.2) is 85.3 Å². The number of nitrogens with one attached hydrogen (secondary N) is 1. The standard InChI is InChI=1S/C25H22FN5O/c26-21-9-5-14-28-23(21)12-15-29-25-24(31(18-32)17-19-6-4-13-27-16-19)11-10-22(30-25)20-7-2-1-3-8-20/h1-11,13-14,16,18H,12,15,17H2,(H,29,30). The molecule has 0 atom stereocenters. The Morgan fingerprint density at radius 1 is 0.969 bits per heavy atom. The van der Waals surface area contributed by atoms with Crippen LogP contribution in [0.2, 0.25) is 0 Å². The van der Waals surface area contributed by atoms with Crippen LogP contribution < -0.4 is 10.2 Å². The second-order valence-electron chi connectivity index (χ2n) is 7.13. The summed E-state index contributed by atoms with van der Waals surface area (Å²) in [6.07, 6.45) is 6.14. The van der Waals surface area contributed by atoms with Gasteiger partial charge in [0, 0.05) is 37.1 Å². The lowest BCUT2D eigenvalue weighted by atomic mass is 10.1. The van der Waals surface area contributed by atoms with E-state index < -0.39 is 0 Å². The molecular weight excluding hydrogens is 405 g/mol. The van der Waals surface area contributed by atoms with Crippen molar-refractivity contribution in [3.05, 3.63) is 102 Å². The molecule has 32 heavy (non-hydrogen) atoms. The Bertz CT molecular complexity index is 1170. The molecule has 0 aliphatic heterocycles. The molecule has 6 nitrogen and oxygen atoms in total. The lowest BCUT2D eigenvalue weighted by Crippen LogP contribution is -2.23. The average Bonchev–Trinajstić information content (AvgIpc) is 2.85. The van der Waals surface area contributed by atoms with Crippen molar-refractivity contribution in [1.82, 2.24) is 15.0 Å². The summed E-state index contributed by atoms with van der Waals surface area (Å²) in [5.74, 6) is 0.199. The highest BCUT2D eigenvalue weighted by atomic mass is 19.1. The molecule has 0 saturated heterocycles. The molecule has 3 heterocycles. The van der Waals surface area contributed by atoms with Gasteiger partial charge < -0.3 is 10.2 Å². The molecule has 3 aromatic heterocycles. The summed E-state index contributed by atoms with van der Waals surface area (Å²) in [5, 5.41) is 3.27. The first kappa shape index (κ1) is 21.1. The molecule has 0 spiro atoms. The van der Waals surface area contributed by atoms with Crippen molar-refractivity contribution < 1.29 is 9.18 Å². The van der Waals surface area contributed by atoms with E-state index in [4.69, 9.17) is 4.98 Å². The van der Waals surface area contributed by atoms with Gasteiger partial charge in [-0.3, -0.25) is 14.8 Å². The monoisotopic (exact) mass is 427 g/mol. The number of hydrogen-bond donors (Lipinski definition) is 1. The van der Waals surface area contributed by atoms with Crippen LogP contribution in [0.25, 0.3) is 11.3 Å². The smallest absolute Gasteiger partial charge is 0.214 e. The summed E-state index contributed by atoms with van der Waals surface area (Å²) in [6.45, 7) is 0.763. The Labute approximate surface area is 185 Å². The summed E-state index contributed by atoms with van der Waals surface area (Å²) in [4.78, 5) is 26.5. The number of benzene rings is 1. The van der Waals surface area contributed by atoms with Gasteiger partial charge in [0.05, 0.1) is 23.6 Å². The number of amides is 1. The maximum atomic E-state index is 13.9. The van der Waals surface area contributed by atoms with Crippen molar-refractivity contribution in [2.45, 2.75) is 13.0 Å². The third kappa shape index (κ3) is 5.13. The molecule has 0 radical (unpaired) electrons. The van der Waals surface area contributed by atoms with Gasteiger partial charge in [0.15, 0.2) is 5.82 Å². The van der Waals surface area contributed by atoms with E-state index in [0.29, 0.717) is 36.7 Å². The molecule has 0 fully saturated rings. The first-order valence-electron chi connectivity index (χ1n) is 10.2. The van der Waals surface area contributed by atoms with Crippen molar-refractivity contribution in [1.29, 1.82) is 0 Å². The zero-order valence-corrected chi connectivity index (χ0v) is 17.4. The molecular formula is C25H22FN5O. The number of aromatic nitrogens is 3. The van der Waals surface area contributed by atoms with Gasteiger partial charge in [-0.05, 0) is 35.9 Å². The molecule has 1 amide bonds. The average molecular weight is 427 g/mol. The predicted molar refractivity (Wildman–Crippen MR) is 123 cm³/mol. The molecule has 0 aliphatic rings. The van der Waals surface area contributed by atoms with E-state index in [2.05, 4.69) is 15.3 Å². The lowest BCUT2D eigenvalue weighted by molar-refractivity contribution is -0.107. The van der Waals surface area contributed by atoms with Crippen molar-refractivity contribution >= 4 is 17.9 Å². The van der Waals surface area contributed by atoms with Gasteiger partial charge in [-0.1, -0.05) is 36.4 Å². The van der Waals surface area contributed by atoms with Crippen LogP contribution in [0.3, 0.4) is 0 Å². The number of hydrogen-bond acceptors (Lipinski definition) is 5. The maximum absolute atomic E-state index is 13.9. The molecule has 0 aliphatic carbocycles. The predicted octanol–water partition coefficient (Wildman–Crippen LogP) is 4.50. The number of carbonyl (C=O) groups is 1. The van der Waals surface area contributed by atoms with Gasteiger partial charge in [-0.15, -0.1) is 0 Å². The molecule has 4 rings (SSSR count). The minimum atomic E-state index is -0.341. The minimum Gasteiger partial charge on any atom is -0.368 e. The number of nitrogens with zero attached hydrogens (tertiary/aromatic N) is 4. The van der Waals surface area contributed by atoms with Crippen molar-refractivity contribution in [3.8, 4) is 11.3 Å². The number of anilines is 2. The third-order valence-electron chi connectivity index (χ3n) is 4.94. The number of rotatable bonds is 9. The van der Waals surface area contributed by atoms with E-state index in [1.807, 2.05) is 54.6 Å². The van der Waals surface area contributed by atoms with Gasteiger partial charge in [-0.25, -0.2) is 9.37 Å². The highest BCUT2D eigenvalue weighted by molar-refractivity contribution is 5.83. The van der Waals surface area contributed by atoms with E-state index in [1.165, 1.54) is 6.07 Å². The van der Waals surface area contributed by atoms with Crippen molar-refractivity contribution in [2.75, 3.05) is 16.8 Å². The van der Waals surface area contributed by atoms with E-state index in [-0.39, 0.29) is 5.82 Å². The normalized spacial score (nSPS) is 10.5. The van der Waals surface area contributed by atoms with E-state index in [0.717, 1.165) is 23.2 Å². The Balaban J connectivity index is 1.62. The van der Waals surface area contributed by atoms with Gasteiger partial charge in [0.25, 0.3) is 0 Å². The summed E-state index contributed by atoms with van der Waals surface area (Å²) in [5.41, 5.74) is 3.64. The van der Waals surface area contributed by atoms with Gasteiger partial charge in [0.2, 0.25) is 6.41 Å². The van der Waals surface area contributed by atoms with E-state index in [9.17, 15) is 9.18 Å². The van der Waals surface area contributed by atoms with Crippen LogP contribution in [0.4, 0.5) is 15.9 Å². The minimum absolute atomic E-state index is 0.341. The molecule has 1 aromatic carbocycles. The third-order valence-corrected chi connectivity index (χ3v) is 4.94. The number of pyridine rings is 3. The second-order valence-corrected chi connectivity index (χ2v) is 7.13. The van der Waals surface area contributed by atoms with Gasteiger partial charge in [-0.2, -0.15) is 0 Å². The molecule has 0 saturated carbocycles. The molecule has 1 N–H and O–H groups in total. The van der Waals surface area contributed by atoms with Crippen molar-refractivity contribution in [3.63, 3.8) is 0 Å². The second kappa shape index (κ2) is 10.3. The maximum Gasteiger partial charge on any atom is 0.214 e. The number of carbonyl (C=O) groups excluding carboxylic acids is 1. The van der Waals surface area contributed by atoms with Gasteiger partial charge in [0.1, 0.15) is 5.82 Å². The molecule has 160 valence electrons. The lowest BCUT2D eigenvalue weighted by Gasteiger charge is -2.21. The Kier molecular flexibility index (Phi) is 6.77. The first-order chi connectivity index (χ1) is 15.7. The van der Waals surface area contributed by atoms with E-state index >= 15 is 0 Å². The zero-order valence-electron chi connectivity index (χ0n) is 17.4. The summed E-state index contributed by atoms with van der Waals surface area (Å²) < 4.78 is 13.9. The summed E-state index contributed by atoms with van der Waals surface area (Å²) in [7, 11) is 0. The van der Waals surface area contributed by atoms with Crippen LogP contribution in [-0.4, -0.2) is 27.9 Å². The largest absolute Gasteiger partial charge is 0.368 e. The quantitative estimate of drug-likeness (QED) is 0.399. The van der Waals surface area contributed by atoms with Crippen LogP contribution in [0, 0.1) is 5.82 Å². The van der Waals surface area contributed by atoms with Crippen LogP contribution in [-0.2, 0) is 17.8 Å². The fourth-order valence-corrected chi connectivity index (χ4v) is 3.35. The van der Waals surface area contributed by atoms with Gasteiger partial charge >= 0.3 is 0 Å². The van der Waals surface area contributed by atoms with Crippen molar-refractivity contribution in [2.24, 2.45) is 0 Å². The highest BCUT2D eigenvalue weighted by Crippen LogP contribution is 2.29. The molecule has 0 unspecified atom stereocenters. The topological polar surface area (TPSA) is 71.0 Å². The molecule has 4 aromatic rings. The summed E-state index contributed by atoms with van der Waals surface area (Å²) >= 11 is 0. The van der Waals surface area contributed by atoms with Crippen LogP contribution >= 0.6 is 0 Å². The Hall–Kier alpha value is -4.13. The first-order valence-corrected chi connectivity index (χ1v) is 10.2. The zero-order chi connectivity index (χ0) is 22.2. The fourth-order valence-electron chi connectivity index (χ4n) is 3.35. The number of halogens is 1. The molecule has 0 bridgehead atoms. The highest BCUT2D eigenvalue weighted by Gasteiger charge is 2.15. The SMILES string of the molecule is O=CN(Cc1cccnc1)c1ccc(-c2ccccc2)nc1NCCc1ncccc1F. The summed E-state index contributed by atoms with van der Waals surface area (Å²) in [6, 6.07) is 20.2. The van der Waals surface area contributed by atoms with E-state index in [1.54, 1.807) is 29.6 Å². The Morgan fingerprint density at radius 2 is 1.81 bits per heavy atom. The Morgan fingerprint density at radius 3 is 2.56 bits per heavy atom. The molecule has 7 heteroatoms.